The highest BCUT2D eigenvalue weighted by Crippen LogP contribution is 2.31. The number of nitrogens with two attached hydrogens (primary N) is 1. The van der Waals surface area contributed by atoms with Crippen LogP contribution in [0.5, 0.6) is 0 Å². The van der Waals surface area contributed by atoms with Crippen molar-refractivity contribution in [2.75, 3.05) is 0 Å². The van der Waals surface area contributed by atoms with Crippen LogP contribution < -0.4 is 5.73 Å². The van der Waals surface area contributed by atoms with E-state index in [9.17, 15) is 8.78 Å². The van der Waals surface area contributed by atoms with Crippen molar-refractivity contribution in [2.45, 2.75) is 16.3 Å². The highest BCUT2D eigenvalue weighted by molar-refractivity contribution is 7.99. The Kier molecular flexibility index (Phi) is 3.76. The van der Waals surface area contributed by atoms with Gasteiger partial charge >= 0.3 is 0 Å². The Morgan fingerprint density at radius 2 is 1.71 bits per heavy atom. The molecule has 2 rings (SSSR count). The van der Waals surface area contributed by atoms with E-state index < -0.39 is 0 Å². The third kappa shape index (κ3) is 2.84. The van der Waals surface area contributed by atoms with E-state index in [2.05, 4.69) is 0 Å². The zero-order valence-corrected chi connectivity index (χ0v) is 9.81. The summed E-state index contributed by atoms with van der Waals surface area (Å²) in [6.07, 6.45) is 0. The molecule has 1 nitrogen and oxygen atoms in total. The Morgan fingerprint density at radius 1 is 1.00 bits per heavy atom. The fraction of sp³-hybridized carbons (Fsp3) is 0.0769. The van der Waals surface area contributed by atoms with Crippen molar-refractivity contribution in [1.29, 1.82) is 0 Å². The van der Waals surface area contributed by atoms with E-state index in [0.29, 0.717) is 5.56 Å². The molecular formula is C13H11F2NS. The van der Waals surface area contributed by atoms with Crippen LogP contribution in [-0.4, -0.2) is 0 Å². The van der Waals surface area contributed by atoms with E-state index in [4.69, 9.17) is 5.73 Å². The second-order valence-corrected chi connectivity index (χ2v) is 4.59. The SMILES string of the molecule is NCc1c(F)cccc1Sc1ccc(F)cc1. The number of hydrogen-bond acceptors (Lipinski definition) is 2. The first-order chi connectivity index (χ1) is 8.20. The monoisotopic (exact) mass is 251 g/mol. The Bertz CT molecular complexity index is 511. The molecule has 17 heavy (non-hydrogen) atoms. The minimum atomic E-state index is -0.306. The molecule has 0 amide bonds. The van der Waals surface area contributed by atoms with Gasteiger partial charge in [-0.05, 0) is 36.4 Å². The van der Waals surface area contributed by atoms with Crippen LogP contribution >= 0.6 is 11.8 Å². The quantitative estimate of drug-likeness (QED) is 0.902. The van der Waals surface area contributed by atoms with Crippen LogP contribution in [0.3, 0.4) is 0 Å². The maximum Gasteiger partial charge on any atom is 0.128 e. The molecule has 0 fully saturated rings. The van der Waals surface area contributed by atoms with Crippen LogP contribution in [0.2, 0.25) is 0 Å². The van der Waals surface area contributed by atoms with Crippen LogP contribution in [0.15, 0.2) is 52.3 Å². The minimum absolute atomic E-state index is 0.149. The van der Waals surface area contributed by atoms with Gasteiger partial charge in [0.1, 0.15) is 11.6 Å². The van der Waals surface area contributed by atoms with E-state index in [1.54, 1.807) is 24.3 Å². The fourth-order valence-corrected chi connectivity index (χ4v) is 2.44. The Hall–Kier alpha value is -1.39. The van der Waals surface area contributed by atoms with Crippen molar-refractivity contribution >= 4 is 11.8 Å². The molecule has 0 spiro atoms. The lowest BCUT2D eigenvalue weighted by molar-refractivity contribution is 0.604. The molecule has 4 heteroatoms. The van der Waals surface area contributed by atoms with Crippen LogP contribution in [-0.2, 0) is 6.54 Å². The third-order valence-electron chi connectivity index (χ3n) is 2.32. The molecule has 2 N–H and O–H groups in total. The average molecular weight is 251 g/mol. The van der Waals surface area contributed by atoms with Crippen LogP contribution in [0.25, 0.3) is 0 Å². The highest BCUT2D eigenvalue weighted by atomic mass is 32.2. The van der Waals surface area contributed by atoms with Gasteiger partial charge < -0.3 is 5.73 Å². The molecule has 88 valence electrons. The largest absolute Gasteiger partial charge is 0.326 e. The summed E-state index contributed by atoms with van der Waals surface area (Å²) in [5.41, 5.74) is 6.00. The van der Waals surface area contributed by atoms with Gasteiger partial charge in [0, 0.05) is 21.9 Å². The van der Waals surface area contributed by atoms with E-state index in [-0.39, 0.29) is 18.2 Å². The second kappa shape index (κ2) is 5.29. The molecule has 0 saturated carbocycles. The van der Waals surface area contributed by atoms with Gasteiger partial charge in [-0.25, -0.2) is 8.78 Å². The standard InChI is InChI=1S/C13H11F2NS/c14-9-4-6-10(7-5-9)17-13-3-1-2-12(15)11(13)8-16/h1-7H,8,16H2. The topological polar surface area (TPSA) is 26.0 Å². The van der Waals surface area contributed by atoms with Crippen LogP contribution in [0.1, 0.15) is 5.56 Å². The molecule has 2 aromatic rings. The summed E-state index contributed by atoms with van der Waals surface area (Å²) in [5, 5.41) is 0. The molecule has 0 heterocycles. The first-order valence-corrected chi connectivity index (χ1v) is 5.93. The molecule has 0 radical (unpaired) electrons. The van der Waals surface area contributed by atoms with Crippen molar-refractivity contribution in [1.82, 2.24) is 0 Å². The molecule has 0 saturated heterocycles. The van der Waals surface area contributed by atoms with Crippen LogP contribution in [0.4, 0.5) is 8.78 Å². The Balaban J connectivity index is 2.29. The van der Waals surface area contributed by atoms with Crippen molar-refractivity contribution in [3.05, 3.63) is 59.7 Å². The van der Waals surface area contributed by atoms with Gasteiger partial charge in [-0.15, -0.1) is 0 Å². The number of halogens is 2. The molecule has 0 bridgehead atoms. The molecular weight excluding hydrogens is 240 g/mol. The second-order valence-electron chi connectivity index (χ2n) is 3.48. The summed E-state index contributed by atoms with van der Waals surface area (Å²) in [6.45, 7) is 0.149. The van der Waals surface area contributed by atoms with Crippen molar-refractivity contribution in [2.24, 2.45) is 5.73 Å². The maximum absolute atomic E-state index is 13.5. The first-order valence-electron chi connectivity index (χ1n) is 5.11. The molecule has 0 aliphatic carbocycles. The van der Waals surface area contributed by atoms with Gasteiger partial charge in [-0.1, -0.05) is 17.8 Å². The molecule has 0 aliphatic heterocycles. The average Bonchev–Trinajstić information content (AvgIpc) is 2.32. The summed E-state index contributed by atoms with van der Waals surface area (Å²) < 4.78 is 26.2. The van der Waals surface area contributed by atoms with Crippen molar-refractivity contribution in [3.8, 4) is 0 Å². The smallest absolute Gasteiger partial charge is 0.128 e. The van der Waals surface area contributed by atoms with Gasteiger partial charge in [0.15, 0.2) is 0 Å². The lowest BCUT2D eigenvalue weighted by Crippen LogP contribution is -2.01. The van der Waals surface area contributed by atoms with Gasteiger partial charge in [0.2, 0.25) is 0 Å². The molecule has 0 aliphatic rings. The van der Waals surface area contributed by atoms with Crippen molar-refractivity contribution < 1.29 is 8.78 Å². The molecule has 2 aromatic carbocycles. The molecule has 0 unspecified atom stereocenters. The minimum Gasteiger partial charge on any atom is -0.326 e. The summed E-state index contributed by atoms with van der Waals surface area (Å²) in [7, 11) is 0. The summed E-state index contributed by atoms with van der Waals surface area (Å²) in [5.74, 6) is -0.591. The summed E-state index contributed by atoms with van der Waals surface area (Å²) in [6, 6.07) is 10.9. The third-order valence-corrected chi connectivity index (χ3v) is 3.43. The lowest BCUT2D eigenvalue weighted by atomic mass is 10.2. The van der Waals surface area contributed by atoms with Gasteiger partial charge in [0.05, 0.1) is 0 Å². The van der Waals surface area contributed by atoms with Gasteiger partial charge in [-0.3, -0.25) is 0 Å². The predicted molar refractivity (Wildman–Crippen MR) is 64.8 cm³/mol. The zero-order valence-electron chi connectivity index (χ0n) is 8.99. The first kappa shape index (κ1) is 12.1. The molecule has 0 atom stereocenters. The van der Waals surface area contributed by atoms with Crippen LogP contribution in [0, 0.1) is 11.6 Å². The number of hydrogen-bond donors (Lipinski definition) is 1. The highest BCUT2D eigenvalue weighted by Gasteiger charge is 2.07. The summed E-state index contributed by atoms with van der Waals surface area (Å²) >= 11 is 1.37. The maximum atomic E-state index is 13.5. The number of rotatable bonds is 3. The number of benzene rings is 2. The predicted octanol–water partition coefficient (Wildman–Crippen LogP) is 3.57. The fourth-order valence-electron chi connectivity index (χ4n) is 1.46. The molecule has 0 aromatic heterocycles. The van der Waals surface area contributed by atoms with E-state index in [1.165, 1.54) is 30.0 Å². The normalized spacial score (nSPS) is 10.5. The van der Waals surface area contributed by atoms with E-state index in [1.807, 2.05) is 0 Å². The van der Waals surface area contributed by atoms with E-state index in [0.717, 1.165) is 9.79 Å². The van der Waals surface area contributed by atoms with Gasteiger partial charge in [0.25, 0.3) is 0 Å². The van der Waals surface area contributed by atoms with Gasteiger partial charge in [-0.2, -0.15) is 0 Å². The summed E-state index contributed by atoms with van der Waals surface area (Å²) in [4.78, 5) is 1.62. The van der Waals surface area contributed by atoms with E-state index >= 15 is 0 Å². The lowest BCUT2D eigenvalue weighted by Gasteiger charge is -2.08. The Labute approximate surface area is 103 Å². The zero-order chi connectivity index (χ0) is 12.3. The Morgan fingerprint density at radius 3 is 2.35 bits per heavy atom. The van der Waals surface area contributed by atoms with Crippen molar-refractivity contribution in [3.63, 3.8) is 0 Å².